The molecule has 2 rings (SSSR count). The fraction of sp³-hybridized carbons (Fsp3) is 0.429. The highest BCUT2D eigenvalue weighted by molar-refractivity contribution is 5.64. The molecule has 0 amide bonds. The van der Waals surface area contributed by atoms with Crippen LogP contribution in [-0.2, 0) is 0 Å². The normalized spacial score (nSPS) is 22.4. The topological polar surface area (TPSA) is 12.0 Å². The summed E-state index contributed by atoms with van der Waals surface area (Å²) in [4.78, 5) is 0. The summed E-state index contributed by atoms with van der Waals surface area (Å²) >= 11 is 0. The van der Waals surface area contributed by atoms with Crippen molar-refractivity contribution in [2.24, 2.45) is 5.41 Å². The predicted molar refractivity (Wildman–Crippen MR) is 65.7 cm³/mol. The summed E-state index contributed by atoms with van der Waals surface area (Å²) in [5.74, 6) is 0. The van der Waals surface area contributed by atoms with Crippen LogP contribution in [0, 0.1) is 5.41 Å². The van der Waals surface area contributed by atoms with Gasteiger partial charge in [0.2, 0.25) is 0 Å². The van der Waals surface area contributed by atoms with Crippen molar-refractivity contribution >= 4 is 5.57 Å². The Morgan fingerprint density at radius 3 is 2.53 bits per heavy atom. The Hall–Kier alpha value is -1.08. The van der Waals surface area contributed by atoms with Crippen molar-refractivity contribution < 1.29 is 0 Å². The van der Waals surface area contributed by atoms with E-state index in [0.29, 0.717) is 11.5 Å². The summed E-state index contributed by atoms with van der Waals surface area (Å²) in [5, 5.41) is 3.55. The molecule has 1 nitrogen and oxygen atoms in total. The fourth-order valence-corrected chi connectivity index (χ4v) is 1.84. The van der Waals surface area contributed by atoms with Gasteiger partial charge in [0.15, 0.2) is 0 Å². The Morgan fingerprint density at radius 1 is 1.40 bits per heavy atom. The lowest BCUT2D eigenvalue weighted by molar-refractivity contribution is 0.564. The van der Waals surface area contributed by atoms with Crippen molar-refractivity contribution in [1.82, 2.24) is 5.32 Å². The molecule has 1 saturated carbocycles. The third-order valence-electron chi connectivity index (χ3n) is 3.26. The molecule has 0 heterocycles. The summed E-state index contributed by atoms with van der Waals surface area (Å²) in [6.07, 6.45) is 1.29. The molecule has 1 aromatic rings. The van der Waals surface area contributed by atoms with E-state index < -0.39 is 0 Å². The van der Waals surface area contributed by atoms with Crippen LogP contribution in [0.1, 0.15) is 25.8 Å². The third kappa shape index (κ3) is 2.48. The van der Waals surface area contributed by atoms with E-state index in [4.69, 9.17) is 0 Å². The molecule has 0 aliphatic heterocycles. The van der Waals surface area contributed by atoms with Gasteiger partial charge in [0.05, 0.1) is 0 Å². The van der Waals surface area contributed by atoms with Crippen LogP contribution in [0.15, 0.2) is 36.9 Å². The quantitative estimate of drug-likeness (QED) is 0.789. The van der Waals surface area contributed by atoms with E-state index in [0.717, 1.165) is 6.54 Å². The second kappa shape index (κ2) is 3.82. The van der Waals surface area contributed by atoms with Crippen molar-refractivity contribution in [3.63, 3.8) is 0 Å². The van der Waals surface area contributed by atoms with Gasteiger partial charge in [-0.25, -0.2) is 0 Å². The lowest BCUT2D eigenvalue weighted by Crippen LogP contribution is -2.22. The molecule has 1 heteroatoms. The summed E-state index contributed by atoms with van der Waals surface area (Å²) < 4.78 is 0. The van der Waals surface area contributed by atoms with Gasteiger partial charge in [-0.1, -0.05) is 50.8 Å². The van der Waals surface area contributed by atoms with E-state index >= 15 is 0 Å². The standard InChI is InChI=1S/C14H19N/c1-11(12-7-5-4-6-8-12)10-15-13-9-14(13,2)3/h4-8,13,15H,1,9-10H2,2-3H3. The lowest BCUT2D eigenvalue weighted by atomic mass is 10.1. The molecule has 0 saturated heterocycles. The largest absolute Gasteiger partial charge is 0.309 e. The van der Waals surface area contributed by atoms with Gasteiger partial charge in [-0.2, -0.15) is 0 Å². The fourth-order valence-electron chi connectivity index (χ4n) is 1.84. The van der Waals surface area contributed by atoms with Gasteiger partial charge >= 0.3 is 0 Å². The first-order valence-electron chi connectivity index (χ1n) is 5.56. The number of rotatable bonds is 4. The molecule has 1 aliphatic carbocycles. The smallest absolute Gasteiger partial charge is 0.0208 e. The molecule has 1 N–H and O–H groups in total. The van der Waals surface area contributed by atoms with E-state index in [9.17, 15) is 0 Å². The second-order valence-electron chi connectivity index (χ2n) is 5.10. The molecule has 1 atom stereocenters. The molecule has 1 unspecified atom stereocenters. The average Bonchev–Trinajstić information content (AvgIpc) is 2.84. The molecule has 0 radical (unpaired) electrons. The van der Waals surface area contributed by atoms with Gasteiger partial charge in [0.1, 0.15) is 0 Å². The molecule has 1 aromatic carbocycles. The molecule has 0 bridgehead atoms. The van der Waals surface area contributed by atoms with Crippen LogP contribution in [-0.4, -0.2) is 12.6 Å². The number of hydrogen-bond donors (Lipinski definition) is 1. The van der Waals surface area contributed by atoms with Crippen LogP contribution in [0.2, 0.25) is 0 Å². The molecule has 80 valence electrons. The van der Waals surface area contributed by atoms with Crippen molar-refractivity contribution in [3.05, 3.63) is 42.5 Å². The molecule has 0 aromatic heterocycles. The number of nitrogens with one attached hydrogen (secondary N) is 1. The zero-order valence-electron chi connectivity index (χ0n) is 9.59. The Bertz CT molecular complexity index is 351. The van der Waals surface area contributed by atoms with Gasteiger partial charge in [-0.05, 0) is 23.0 Å². The zero-order chi connectivity index (χ0) is 10.9. The molecular formula is C14H19N. The molecule has 15 heavy (non-hydrogen) atoms. The van der Waals surface area contributed by atoms with Gasteiger partial charge in [0, 0.05) is 12.6 Å². The zero-order valence-corrected chi connectivity index (χ0v) is 9.59. The van der Waals surface area contributed by atoms with Gasteiger partial charge < -0.3 is 5.32 Å². The van der Waals surface area contributed by atoms with E-state index in [2.05, 4.69) is 50.0 Å². The number of hydrogen-bond acceptors (Lipinski definition) is 1. The maximum Gasteiger partial charge on any atom is 0.0208 e. The van der Waals surface area contributed by atoms with Crippen molar-refractivity contribution in [2.45, 2.75) is 26.3 Å². The first-order chi connectivity index (χ1) is 7.09. The van der Waals surface area contributed by atoms with Crippen molar-refractivity contribution in [2.75, 3.05) is 6.54 Å². The maximum atomic E-state index is 4.11. The van der Waals surface area contributed by atoms with Crippen LogP contribution in [0.25, 0.3) is 5.57 Å². The minimum absolute atomic E-state index is 0.497. The molecular weight excluding hydrogens is 182 g/mol. The minimum Gasteiger partial charge on any atom is -0.309 e. The second-order valence-corrected chi connectivity index (χ2v) is 5.10. The minimum atomic E-state index is 0.497. The van der Waals surface area contributed by atoms with E-state index in [1.807, 2.05) is 6.07 Å². The van der Waals surface area contributed by atoms with E-state index in [1.165, 1.54) is 17.6 Å². The summed E-state index contributed by atoms with van der Waals surface area (Å²) in [7, 11) is 0. The Morgan fingerprint density at radius 2 is 2.00 bits per heavy atom. The average molecular weight is 201 g/mol. The maximum absolute atomic E-state index is 4.11. The summed E-state index contributed by atoms with van der Waals surface area (Å²) in [5.41, 5.74) is 2.92. The third-order valence-corrected chi connectivity index (χ3v) is 3.26. The summed E-state index contributed by atoms with van der Waals surface area (Å²) in [6, 6.07) is 11.1. The van der Waals surface area contributed by atoms with Crippen LogP contribution < -0.4 is 5.32 Å². The van der Waals surface area contributed by atoms with E-state index in [1.54, 1.807) is 0 Å². The molecule has 1 fully saturated rings. The lowest BCUT2D eigenvalue weighted by Gasteiger charge is -2.09. The van der Waals surface area contributed by atoms with E-state index in [-0.39, 0.29) is 0 Å². The SMILES string of the molecule is C=C(CNC1CC1(C)C)c1ccccc1. The summed E-state index contributed by atoms with van der Waals surface area (Å²) in [6.45, 7) is 9.61. The number of benzene rings is 1. The first kappa shape index (κ1) is 10.4. The molecule has 0 spiro atoms. The monoisotopic (exact) mass is 201 g/mol. The van der Waals surface area contributed by atoms with Crippen LogP contribution in [0.3, 0.4) is 0 Å². The Balaban J connectivity index is 1.84. The van der Waals surface area contributed by atoms with Gasteiger partial charge in [0.25, 0.3) is 0 Å². The van der Waals surface area contributed by atoms with Crippen LogP contribution in [0.5, 0.6) is 0 Å². The molecule has 1 aliphatic rings. The van der Waals surface area contributed by atoms with Gasteiger partial charge in [-0.15, -0.1) is 0 Å². The highest BCUT2D eigenvalue weighted by atomic mass is 15.0. The van der Waals surface area contributed by atoms with Crippen LogP contribution in [0.4, 0.5) is 0 Å². The van der Waals surface area contributed by atoms with Crippen LogP contribution >= 0.6 is 0 Å². The van der Waals surface area contributed by atoms with Crippen molar-refractivity contribution in [1.29, 1.82) is 0 Å². The first-order valence-corrected chi connectivity index (χ1v) is 5.56. The highest BCUT2D eigenvalue weighted by Gasteiger charge is 2.44. The Labute approximate surface area is 92.2 Å². The van der Waals surface area contributed by atoms with Crippen molar-refractivity contribution in [3.8, 4) is 0 Å². The van der Waals surface area contributed by atoms with Gasteiger partial charge in [-0.3, -0.25) is 0 Å². The predicted octanol–water partition coefficient (Wildman–Crippen LogP) is 3.09. The highest BCUT2D eigenvalue weighted by Crippen LogP contribution is 2.44. The Kier molecular flexibility index (Phi) is 2.66.